The lowest BCUT2D eigenvalue weighted by atomic mass is 10.1. The highest BCUT2D eigenvalue weighted by Crippen LogP contribution is 2.27. The SMILES string of the molecule is CCC(C(=O)NC(C)C)N(CCc1ccccc1)C(=O)CN(c1ccccc1C)S(=O)(=O)c1ccccc1. The molecule has 3 aromatic carbocycles. The van der Waals surface area contributed by atoms with Gasteiger partial charge in [0.2, 0.25) is 11.8 Å². The molecule has 3 rings (SSSR count). The van der Waals surface area contributed by atoms with Crippen LogP contribution in [0.15, 0.2) is 89.8 Å². The summed E-state index contributed by atoms with van der Waals surface area (Å²) >= 11 is 0. The van der Waals surface area contributed by atoms with Crippen molar-refractivity contribution in [3.8, 4) is 0 Å². The number of hydrogen-bond acceptors (Lipinski definition) is 4. The van der Waals surface area contributed by atoms with Crippen molar-refractivity contribution in [1.29, 1.82) is 0 Å². The van der Waals surface area contributed by atoms with Crippen LogP contribution in [0.25, 0.3) is 0 Å². The Hall–Kier alpha value is -3.65. The highest BCUT2D eigenvalue weighted by Gasteiger charge is 2.33. The van der Waals surface area contributed by atoms with E-state index in [4.69, 9.17) is 0 Å². The van der Waals surface area contributed by atoms with E-state index < -0.39 is 28.5 Å². The Bertz CT molecular complexity index is 1310. The molecule has 1 N–H and O–H groups in total. The van der Waals surface area contributed by atoms with Crippen molar-refractivity contribution in [3.63, 3.8) is 0 Å². The van der Waals surface area contributed by atoms with E-state index >= 15 is 0 Å². The first-order chi connectivity index (χ1) is 18.1. The van der Waals surface area contributed by atoms with Crippen LogP contribution in [0.1, 0.15) is 38.3 Å². The molecule has 0 saturated heterocycles. The van der Waals surface area contributed by atoms with Crippen molar-refractivity contribution in [2.24, 2.45) is 0 Å². The number of carbonyl (C=O) groups is 2. The van der Waals surface area contributed by atoms with Crippen molar-refractivity contribution in [3.05, 3.63) is 96.1 Å². The molecule has 0 aromatic heterocycles. The van der Waals surface area contributed by atoms with Crippen LogP contribution >= 0.6 is 0 Å². The molecular formula is C30H37N3O4S. The van der Waals surface area contributed by atoms with Gasteiger partial charge in [0.15, 0.2) is 0 Å². The minimum atomic E-state index is -4.06. The van der Waals surface area contributed by atoms with Crippen LogP contribution in [0.4, 0.5) is 5.69 Å². The summed E-state index contributed by atoms with van der Waals surface area (Å²) in [5.41, 5.74) is 2.17. The minimum Gasteiger partial charge on any atom is -0.352 e. The topological polar surface area (TPSA) is 86.8 Å². The number of aryl methyl sites for hydroxylation is 1. The molecule has 202 valence electrons. The van der Waals surface area contributed by atoms with Gasteiger partial charge in [-0.2, -0.15) is 0 Å². The highest BCUT2D eigenvalue weighted by atomic mass is 32.2. The third-order valence-electron chi connectivity index (χ3n) is 6.30. The number of rotatable bonds is 12. The van der Waals surface area contributed by atoms with E-state index in [0.717, 1.165) is 15.4 Å². The summed E-state index contributed by atoms with van der Waals surface area (Å²) in [6, 6.07) is 24.1. The summed E-state index contributed by atoms with van der Waals surface area (Å²) in [5.74, 6) is -0.688. The van der Waals surface area contributed by atoms with Gasteiger partial charge in [0.1, 0.15) is 12.6 Å². The van der Waals surface area contributed by atoms with Crippen molar-refractivity contribution in [2.45, 2.75) is 57.5 Å². The lowest BCUT2D eigenvalue weighted by molar-refractivity contribution is -0.139. The Morgan fingerprint density at radius 2 is 1.45 bits per heavy atom. The molecule has 2 amide bonds. The molecule has 1 unspecified atom stereocenters. The number of hydrogen-bond donors (Lipinski definition) is 1. The maximum atomic E-state index is 14.0. The summed E-state index contributed by atoms with van der Waals surface area (Å²) in [6.07, 6.45) is 0.933. The van der Waals surface area contributed by atoms with Crippen LogP contribution in [-0.2, 0) is 26.0 Å². The largest absolute Gasteiger partial charge is 0.352 e. The summed E-state index contributed by atoms with van der Waals surface area (Å²) in [7, 11) is -4.06. The number of para-hydroxylation sites is 1. The maximum Gasteiger partial charge on any atom is 0.264 e. The summed E-state index contributed by atoms with van der Waals surface area (Å²) in [4.78, 5) is 28.7. The zero-order valence-electron chi connectivity index (χ0n) is 22.5. The van der Waals surface area contributed by atoms with Crippen LogP contribution in [0.5, 0.6) is 0 Å². The van der Waals surface area contributed by atoms with E-state index in [-0.39, 0.29) is 23.4 Å². The predicted molar refractivity (Wildman–Crippen MR) is 151 cm³/mol. The smallest absolute Gasteiger partial charge is 0.264 e. The second kappa shape index (κ2) is 13.2. The fourth-order valence-corrected chi connectivity index (χ4v) is 5.85. The van der Waals surface area contributed by atoms with Crippen molar-refractivity contribution >= 4 is 27.5 Å². The Morgan fingerprint density at radius 1 is 0.868 bits per heavy atom. The molecule has 0 saturated carbocycles. The Balaban J connectivity index is 2.01. The molecular weight excluding hydrogens is 498 g/mol. The molecule has 0 heterocycles. The second-order valence-electron chi connectivity index (χ2n) is 9.52. The molecule has 0 aliphatic rings. The van der Waals surface area contributed by atoms with Crippen molar-refractivity contribution in [1.82, 2.24) is 10.2 Å². The first kappa shape index (κ1) is 28.9. The Kier molecular flexibility index (Phi) is 10.1. The Morgan fingerprint density at radius 3 is 2.03 bits per heavy atom. The molecule has 8 heteroatoms. The standard InChI is InChI=1S/C30H37N3O4S/c1-5-27(30(35)31-23(2)3)32(21-20-25-15-8-6-9-16-25)29(34)22-33(28-19-13-12-14-24(28)4)38(36,37)26-17-10-7-11-18-26/h6-19,23,27H,5,20-22H2,1-4H3,(H,31,35). The van der Waals surface area contributed by atoms with Gasteiger partial charge < -0.3 is 10.2 Å². The van der Waals surface area contributed by atoms with Crippen molar-refractivity contribution in [2.75, 3.05) is 17.4 Å². The van der Waals surface area contributed by atoms with E-state index in [1.54, 1.807) is 30.3 Å². The second-order valence-corrected chi connectivity index (χ2v) is 11.4. The van der Waals surface area contributed by atoms with Crippen LogP contribution < -0.4 is 9.62 Å². The highest BCUT2D eigenvalue weighted by molar-refractivity contribution is 7.92. The predicted octanol–water partition coefficient (Wildman–Crippen LogP) is 4.56. The van der Waals surface area contributed by atoms with Gasteiger partial charge in [-0.25, -0.2) is 8.42 Å². The first-order valence-corrected chi connectivity index (χ1v) is 14.4. The number of amides is 2. The van der Waals surface area contributed by atoms with E-state index in [2.05, 4.69) is 5.32 Å². The van der Waals surface area contributed by atoms with Gasteiger partial charge >= 0.3 is 0 Å². The number of sulfonamides is 1. The normalized spacial score (nSPS) is 12.1. The molecule has 0 aliphatic heterocycles. The van der Waals surface area contributed by atoms with E-state index in [1.807, 2.05) is 70.2 Å². The first-order valence-electron chi connectivity index (χ1n) is 12.9. The molecule has 0 spiro atoms. The molecule has 0 fully saturated rings. The number of nitrogens with one attached hydrogen (secondary N) is 1. The molecule has 0 radical (unpaired) electrons. The molecule has 7 nitrogen and oxygen atoms in total. The molecule has 3 aromatic rings. The van der Waals surface area contributed by atoms with Crippen LogP contribution in [0.2, 0.25) is 0 Å². The lowest BCUT2D eigenvalue weighted by Gasteiger charge is -2.34. The van der Waals surface area contributed by atoms with Gasteiger partial charge in [-0.1, -0.05) is 73.7 Å². The third kappa shape index (κ3) is 7.22. The van der Waals surface area contributed by atoms with Gasteiger partial charge in [-0.05, 0) is 62.9 Å². The average Bonchev–Trinajstić information content (AvgIpc) is 2.90. The number of carbonyl (C=O) groups excluding carboxylic acids is 2. The third-order valence-corrected chi connectivity index (χ3v) is 8.07. The quantitative estimate of drug-likeness (QED) is 0.368. The summed E-state index contributed by atoms with van der Waals surface area (Å²) < 4.78 is 28.8. The lowest BCUT2D eigenvalue weighted by Crippen LogP contribution is -2.54. The van der Waals surface area contributed by atoms with Gasteiger partial charge in [-0.3, -0.25) is 13.9 Å². The van der Waals surface area contributed by atoms with E-state index in [0.29, 0.717) is 18.5 Å². The molecule has 1 atom stereocenters. The number of benzene rings is 3. The van der Waals surface area contributed by atoms with Crippen LogP contribution in [-0.4, -0.2) is 50.3 Å². The number of nitrogens with zero attached hydrogens (tertiary/aromatic N) is 2. The fourth-order valence-electron chi connectivity index (χ4n) is 4.35. The molecule has 0 aliphatic carbocycles. The van der Waals surface area contributed by atoms with E-state index in [9.17, 15) is 18.0 Å². The van der Waals surface area contributed by atoms with Gasteiger partial charge in [0, 0.05) is 12.6 Å². The minimum absolute atomic E-state index is 0.0930. The monoisotopic (exact) mass is 535 g/mol. The fraction of sp³-hybridized carbons (Fsp3) is 0.333. The Labute approximate surface area is 226 Å². The van der Waals surface area contributed by atoms with Crippen LogP contribution in [0, 0.1) is 6.92 Å². The van der Waals surface area contributed by atoms with Gasteiger partial charge in [-0.15, -0.1) is 0 Å². The maximum absolute atomic E-state index is 14.0. The van der Waals surface area contributed by atoms with Gasteiger partial charge in [0.25, 0.3) is 10.0 Å². The molecule has 38 heavy (non-hydrogen) atoms. The summed E-state index contributed by atoms with van der Waals surface area (Å²) in [6.45, 7) is 7.25. The average molecular weight is 536 g/mol. The molecule has 0 bridgehead atoms. The van der Waals surface area contributed by atoms with E-state index in [1.165, 1.54) is 17.0 Å². The summed E-state index contributed by atoms with van der Waals surface area (Å²) in [5, 5.41) is 2.91. The van der Waals surface area contributed by atoms with Gasteiger partial charge in [0.05, 0.1) is 10.6 Å². The van der Waals surface area contributed by atoms with Crippen LogP contribution in [0.3, 0.4) is 0 Å². The zero-order valence-corrected chi connectivity index (χ0v) is 23.3. The van der Waals surface area contributed by atoms with Crippen molar-refractivity contribution < 1.29 is 18.0 Å². The number of anilines is 1. The zero-order chi connectivity index (χ0) is 27.7.